The number of imidazole rings is 1. The molecule has 0 aliphatic rings. The molecule has 0 bridgehead atoms. The SMILES string of the molecule is Cc1cc(C)nc(SCc2nc3cc(NC(=O)c4ccc(Cl)nc4)ccc3n2C)n1. The van der Waals surface area contributed by atoms with Gasteiger partial charge >= 0.3 is 0 Å². The molecule has 0 saturated carbocycles. The van der Waals surface area contributed by atoms with E-state index in [1.807, 2.05) is 49.7 Å². The van der Waals surface area contributed by atoms with E-state index < -0.39 is 0 Å². The number of anilines is 1. The standard InChI is InChI=1S/C21H19ClN6OS/c1-12-8-13(2)25-21(24-12)30-11-19-27-16-9-15(5-6-17(16)28(19)3)26-20(29)14-4-7-18(22)23-10-14/h4-10H,11H2,1-3H3,(H,26,29). The Bertz CT molecular complexity index is 1220. The summed E-state index contributed by atoms with van der Waals surface area (Å²) in [6, 6.07) is 10.8. The zero-order chi connectivity index (χ0) is 21.3. The lowest BCUT2D eigenvalue weighted by molar-refractivity contribution is 0.102. The minimum atomic E-state index is -0.253. The number of nitrogens with one attached hydrogen (secondary N) is 1. The molecule has 4 rings (SSSR count). The van der Waals surface area contributed by atoms with Crippen LogP contribution in [0.25, 0.3) is 11.0 Å². The van der Waals surface area contributed by atoms with Crippen LogP contribution in [0, 0.1) is 13.8 Å². The van der Waals surface area contributed by atoms with Crippen molar-refractivity contribution in [1.82, 2.24) is 24.5 Å². The number of amides is 1. The van der Waals surface area contributed by atoms with Gasteiger partial charge in [-0.3, -0.25) is 4.79 Å². The van der Waals surface area contributed by atoms with Gasteiger partial charge in [0.05, 0.1) is 22.3 Å². The van der Waals surface area contributed by atoms with E-state index in [-0.39, 0.29) is 5.91 Å². The predicted molar refractivity (Wildman–Crippen MR) is 119 cm³/mol. The molecule has 0 aliphatic heterocycles. The number of fused-ring (bicyclic) bond motifs is 1. The van der Waals surface area contributed by atoms with Gasteiger partial charge in [-0.25, -0.2) is 19.9 Å². The first-order valence-electron chi connectivity index (χ1n) is 9.22. The lowest BCUT2D eigenvalue weighted by Gasteiger charge is -2.05. The normalized spacial score (nSPS) is 11.1. The molecular weight excluding hydrogens is 420 g/mol. The maximum absolute atomic E-state index is 12.4. The Morgan fingerprint density at radius 2 is 1.87 bits per heavy atom. The van der Waals surface area contributed by atoms with Crippen molar-refractivity contribution >= 4 is 46.0 Å². The van der Waals surface area contributed by atoms with Crippen LogP contribution < -0.4 is 5.32 Å². The highest BCUT2D eigenvalue weighted by Crippen LogP contribution is 2.24. The molecule has 0 aliphatic carbocycles. The minimum Gasteiger partial charge on any atom is -0.330 e. The molecular formula is C21H19ClN6OS. The maximum atomic E-state index is 12.4. The van der Waals surface area contributed by atoms with Gasteiger partial charge < -0.3 is 9.88 Å². The molecule has 0 saturated heterocycles. The Hall–Kier alpha value is -2.97. The van der Waals surface area contributed by atoms with Crippen molar-refractivity contribution in [2.45, 2.75) is 24.8 Å². The summed E-state index contributed by atoms with van der Waals surface area (Å²) in [6.07, 6.45) is 1.45. The number of nitrogens with zero attached hydrogens (tertiary/aromatic N) is 5. The number of hydrogen-bond acceptors (Lipinski definition) is 6. The van der Waals surface area contributed by atoms with Crippen LogP contribution in [0.1, 0.15) is 27.6 Å². The number of aryl methyl sites for hydroxylation is 3. The van der Waals surface area contributed by atoms with Crippen molar-refractivity contribution in [2.75, 3.05) is 5.32 Å². The lowest BCUT2D eigenvalue weighted by Crippen LogP contribution is -2.12. The van der Waals surface area contributed by atoms with E-state index in [0.29, 0.717) is 22.2 Å². The summed E-state index contributed by atoms with van der Waals surface area (Å²) in [5.74, 6) is 1.30. The Morgan fingerprint density at radius 3 is 2.57 bits per heavy atom. The van der Waals surface area contributed by atoms with Crippen LogP contribution in [0.4, 0.5) is 5.69 Å². The first kappa shape index (κ1) is 20.3. The second-order valence-corrected chi connectivity index (χ2v) is 8.17. The number of rotatable bonds is 5. The minimum absolute atomic E-state index is 0.253. The Morgan fingerprint density at radius 1 is 1.10 bits per heavy atom. The van der Waals surface area contributed by atoms with Gasteiger partial charge in [0, 0.05) is 30.3 Å². The smallest absolute Gasteiger partial charge is 0.257 e. The van der Waals surface area contributed by atoms with Crippen molar-refractivity contribution < 1.29 is 4.79 Å². The zero-order valence-electron chi connectivity index (χ0n) is 16.7. The molecule has 4 aromatic rings. The number of carbonyl (C=O) groups excluding carboxylic acids is 1. The van der Waals surface area contributed by atoms with Crippen molar-refractivity contribution in [3.05, 3.63) is 70.5 Å². The molecule has 1 aromatic carbocycles. The number of pyridine rings is 1. The van der Waals surface area contributed by atoms with E-state index in [1.54, 1.807) is 23.9 Å². The van der Waals surface area contributed by atoms with Crippen LogP contribution in [-0.2, 0) is 12.8 Å². The molecule has 0 unspecified atom stereocenters. The average Bonchev–Trinajstić information content (AvgIpc) is 3.01. The second kappa shape index (κ2) is 8.41. The molecule has 0 spiro atoms. The molecule has 0 fully saturated rings. The molecule has 7 nitrogen and oxygen atoms in total. The van der Waals surface area contributed by atoms with Crippen molar-refractivity contribution in [3.8, 4) is 0 Å². The van der Waals surface area contributed by atoms with E-state index in [1.165, 1.54) is 6.20 Å². The zero-order valence-corrected chi connectivity index (χ0v) is 18.3. The molecule has 30 heavy (non-hydrogen) atoms. The topological polar surface area (TPSA) is 85.6 Å². The van der Waals surface area contributed by atoms with Gasteiger partial charge in [-0.15, -0.1) is 0 Å². The highest BCUT2D eigenvalue weighted by molar-refractivity contribution is 7.98. The van der Waals surface area contributed by atoms with E-state index in [2.05, 4.69) is 20.3 Å². The largest absolute Gasteiger partial charge is 0.330 e. The number of halogens is 1. The van der Waals surface area contributed by atoms with Crippen LogP contribution in [0.2, 0.25) is 5.15 Å². The lowest BCUT2D eigenvalue weighted by atomic mass is 10.2. The summed E-state index contributed by atoms with van der Waals surface area (Å²) in [5.41, 5.74) is 4.79. The third-order valence-electron chi connectivity index (χ3n) is 4.51. The number of aromatic nitrogens is 5. The molecule has 152 valence electrons. The quantitative estimate of drug-likeness (QED) is 0.279. The molecule has 1 N–H and O–H groups in total. The summed E-state index contributed by atoms with van der Waals surface area (Å²) in [4.78, 5) is 30.0. The average molecular weight is 439 g/mol. The Kier molecular flexibility index (Phi) is 5.69. The predicted octanol–water partition coefficient (Wildman–Crippen LogP) is 4.57. The molecule has 0 radical (unpaired) electrons. The fourth-order valence-electron chi connectivity index (χ4n) is 3.06. The molecule has 1 amide bonds. The Balaban J connectivity index is 1.52. The van der Waals surface area contributed by atoms with E-state index in [4.69, 9.17) is 16.6 Å². The first-order valence-corrected chi connectivity index (χ1v) is 10.6. The summed E-state index contributed by atoms with van der Waals surface area (Å²) < 4.78 is 2.04. The number of benzene rings is 1. The molecule has 3 heterocycles. The van der Waals surface area contributed by atoms with Gasteiger partial charge in [0.15, 0.2) is 5.16 Å². The van der Waals surface area contributed by atoms with Crippen LogP contribution in [0.3, 0.4) is 0 Å². The van der Waals surface area contributed by atoms with Gasteiger partial charge in [-0.05, 0) is 50.2 Å². The second-order valence-electron chi connectivity index (χ2n) is 6.84. The van der Waals surface area contributed by atoms with Crippen LogP contribution in [-0.4, -0.2) is 30.4 Å². The van der Waals surface area contributed by atoms with E-state index in [0.717, 1.165) is 33.4 Å². The highest BCUT2D eigenvalue weighted by atomic mass is 35.5. The maximum Gasteiger partial charge on any atom is 0.257 e. The molecule has 0 atom stereocenters. The third-order valence-corrected chi connectivity index (χ3v) is 5.58. The summed E-state index contributed by atoms with van der Waals surface area (Å²) >= 11 is 7.33. The number of carbonyl (C=O) groups is 1. The van der Waals surface area contributed by atoms with Crippen LogP contribution >= 0.6 is 23.4 Å². The highest BCUT2D eigenvalue weighted by Gasteiger charge is 2.12. The molecule has 3 aromatic heterocycles. The number of hydrogen-bond donors (Lipinski definition) is 1. The number of thioether (sulfide) groups is 1. The fourth-order valence-corrected chi connectivity index (χ4v) is 4.10. The summed E-state index contributed by atoms with van der Waals surface area (Å²) in [6.45, 7) is 3.92. The van der Waals surface area contributed by atoms with Gasteiger partial charge in [-0.2, -0.15) is 0 Å². The monoisotopic (exact) mass is 438 g/mol. The van der Waals surface area contributed by atoms with Crippen molar-refractivity contribution in [3.63, 3.8) is 0 Å². The summed E-state index contributed by atoms with van der Waals surface area (Å²) in [5, 5.41) is 3.96. The van der Waals surface area contributed by atoms with Gasteiger partial charge in [0.1, 0.15) is 11.0 Å². The van der Waals surface area contributed by atoms with E-state index >= 15 is 0 Å². The third kappa shape index (κ3) is 4.44. The fraction of sp³-hybridized carbons (Fsp3) is 0.190. The van der Waals surface area contributed by atoms with Crippen molar-refractivity contribution in [2.24, 2.45) is 7.05 Å². The van der Waals surface area contributed by atoms with Gasteiger partial charge in [0.2, 0.25) is 0 Å². The van der Waals surface area contributed by atoms with Gasteiger partial charge in [-0.1, -0.05) is 23.4 Å². The summed E-state index contributed by atoms with van der Waals surface area (Å²) in [7, 11) is 1.98. The van der Waals surface area contributed by atoms with E-state index in [9.17, 15) is 4.79 Å². The van der Waals surface area contributed by atoms with Gasteiger partial charge in [0.25, 0.3) is 5.91 Å². The van der Waals surface area contributed by atoms with Crippen LogP contribution in [0.5, 0.6) is 0 Å². The Labute approximate surface area is 182 Å². The van der Waals surface area contributed by atoms with Crippen LogP contribution in [0.15, 0.2) is 47.8 Å². The first-order chi connectivity index (χ1) is 14.4. The van der Waals surface area contributed by atoms with Crippen molar-refractivity contribution in [1.29, 1.82) is 0 Å². The molecule has 9 heteroatoms.